The van der Waals surface area contributed by atoms with Crippen LogP contribution in [0, 0.1) is 0 Å². The minimum absolute atomic E-state index is 0.717. The van der Waals surface area contributed by atoms with Crippen molar-refractivity contribution < 1.29 is 23.5 Å². The zero-order valence-electron chi connectivity index (χ0n) is 14.7. The van der Waals surface area contributed by atoms with Gasteiger partial charge in [0.25, 0.3) is 6.33 Å². The molecule has 0 fully saturated rings. The fourth-order valence-corrected chi connectivity index (χ4v) is 2.79. The van der Waals surface area contributed by atoms with Gasteiger partial charge in [-0.2, -0.15) is 9.13 Å². The molecule has 2 aromatic carbocycles. The molecular weight excluding hydrogens is 320 g/mol. The van der Waals surface area contributed by atoms with Gasteiger partial charge in [0, 0.05) is 0 Å². The van der Waals surface area contributed by atoms with Gasteiger partial charge in [-0.1, -0.05) is 12.1 Å². The standard InChI is InChI=1S/C19H21N2O4/c1-22-14-7-5-8-15(23-2)18(14)20-11-12-21(13-20)19-16(24-3)9-6-10-17(19)25-4/h5-13H,1-4H3/q+1. The molecule has 1 heterocycles. The van der Waals surface area contributed by atoms with E-state index in [4.69, 9.17) is 18.9 Å². The van der Waals surface area contributed by atoms with Crippen molar-refractivity contribution in [1.29, 1.82) is 0 Å². The molecule has 6 nitrogen and oxygen atoms in total. The summed E-state index contributed by atoms with van der Waals surface area (Å²) in [6.07, 6.45) is 5.76. The van der Waals surface area contributed by atoms with Gasteiger partial charge in [-0.3, -0.25) is 0 Å². The Morgan fingerprint density at radius 2 is 1.20 bits per heavy atom. The third-order valence-electron chi connectivity index (χ3n) is 3.96. The lowest BCUT2D eigenvalue weighted by Crippen LogP contribution is -2.29. The first kappa shape index (κ1) is 16.7. The highest BCUT2D eigenvalue weighted by Crippen LogP contribution is 2.33. The summed E-state index contributed by atoms with van der Waals surface area (Å²) < 4.78 is 25.8. The predicted molar refractivity (Wildman–Crippen MR) is 93.5 cm³/mol. The molecule has 0 aliphatic carbocycles. The van der Waals surface area contributed by atoms with E-state index in [1.54, 1.807) is 28.4 Å². The summed E-state index contributed by atoms with van der Waals surface area (Å²) in [6, 6.07) is 11.4. The lowest BCUT2D eigenvalue weighted by atomic mass is 10.2. The Labute approximate surface area is 146 Å². The number of hydrogen-bond donors (Lipinski definition) is 0. The Kier molecular flexibility index (Phi) is 4.79. The van der Waals surface area contributed by atoms with Gasteiger partial charge in [-0.15, -0.1) is 0 Å². The third-order valence-corrected chi connectivity index (χ3v) is 3.96. The van der Waals surface area contributed by atoms with Crippen molar-refractivity contribution in [3.05, 3.63) is 55.1 Å². The molecule has 6 heteroatoms. The highest BCUT2D eigenvalue weighted by atomic mass is 16.5. The van der Waals surface area contributed by atoms with Crippen LogP contribution in [0.5, 0.6) is 23.0 Å². The average molecular weight is 341 g/mol. The molecule has 0 aliphatic heterocycles. The van der Waals surface area contributed by atoms with E-state index in [0.717, 1.165) is 11.4 Å². The van der Waals surface area contributed by atoms with Crippen LogP contribution in [0.4, 0.5) is 0 Å². The maximum Gasteiger partial charge on any atom is 0.254 e. The molecular formula is C19H21N2O4+. The Balaban J connectivity index is 2.15. The zero-order chi connectivity index (χ0) is 17.8. The second kappa shape index (κ2) is 7.17. The summed E-state index contributed by atoms with van der Waals surface area (Å²) >= 11 is 0. The van der Waals surface area contributed by atoms with Gasteiger partial charge >= 0.3 is 0 Å². The first-order valence-corrected chi connectivity index (χ1v) is 7.75. The molecule has 0 spiro atoms. The number of methoxy groups -OCH3 is 4. The van der Waals surface area contributed by atoms with Crippen LogP contribution in [0.15, 0.2) is 55.1 Å². The normalized spacial score (nSPS) is 10.4. The molecule has 0 saturated carbocycles. The molecule has 0 N–H and O–H groups in total. The Morgan fingerprint density at radius 3 is 1.68 bits per heavy atom. The van der Waals surface area contributed by atoms with Gasteiger partial charge in [-0.05, 0) is 24.3 Å². The SMILES string of the molecule is COc1cccc(OC)c1-n1cc[n+](-c2c(OC)cccc2OC)c1. The molecule has 25 heavy (non-hydrogen) atoms. The summed E-state index contributed by atoms with van der Waals surface area (Å²) in [6.45, 7) is 0. The van der Waals surface area contributed by atoms with Gasteiger partial charge in [0.15, 0.2) is 23.0 Å². The number of ether oxygens (including phenoxy) is 4. The monoisotopic (exact) mass is 341 g/mol. The highest BCUT2D eigenvalue weighted by Gasteiger charge is 2.22. The average Bonchev–Trinajstić information content (AvgIpc) is 3.15. The van der Waals surface area contributed by atoms with Crippen LogP contribution < -0.4 is 23.5 Å². The molecule has 0 unspecified atom stereocenters. The van der Waals surface area contributed by atoms with Gasteiger partial charge in [0.05, 0.1) is 28.4 Å². The smallest absolute Gasteiger partial charge is 0.254 e. The summed E-state index contributed by atoms with van der Waals surface area (Å²) in [4.78, 5) is 0. The largest absolute Gasteiger partial charge is 0.492 e. The van der Waals surface area contributed by atoms with E-state index in [1.165, 1.54) is 0 Å². The zero-order valence-corrected chi connectivity index (χ0v) is 14.7. The second-order valence-electron chi connectivity index (χ2n) is 5.25. The van der Waals surface area contributed by atoms with E-state index in [0.29, 0.717) is 23.0 Å². The molecule has 0 saturated heterocycles. The Hall–Kier alpha value is -3.15. The van der Waals surface area contributed by atoms with Crippen molar-refractivity contribution >= 4 is 0 Å². The molecule has 130 valence electrons. The van der Waals surface area contributed by atoms with Gasteiger partial charge in [-0.25, -0.2) is 0 Å². The Morgan fingerprint density at radius 1 is 0.720 bits per heavy atom. The first-order valence-electron chi connectivity index (χ1n) is 7.75. The van der Waals surface area contributed by atoms with Crippen molar-refractivity contribution in [2.75, 3.05) is 28.4 Å². The minimum atomic E-state index is 0.717. The first-order chi connectivity index (χ1) is 12.2. The van der Waals surface area contributed by atoms with Crippen molar-refractivity contribution in [1.82, 2.24) is 4.57 Å². The fourth-order valence-electron chi connectivity index (χ4n) is 2.79. The molecule has 0 bridgehead atoms. The van der Waals surface area contributed by atoms with Crippen LogP contribution in [0.1, 0.15) is 0 Å². The van der Waals surface area contributed by atoms with E-state index >= 15 is 0 Å². The van der Waals surface area contributed by atoms with Crippen LogP contribution >= 0.6 is 0 Å². The minimum Gasteiger partial charge on any atom is -0.492 e. The van der Waals surface area contributed by atoms with Crippen LogP contribution in [0.2, 0.25) is 0 Å². The predicted octanol–water partition coefficient (Wildman–Crippen LogP) is 2.79. The quantitative estimate of drug-likeness (QED) is 0.647. The van der Waals surface area contributed by atoms with E-state index in [-0.39, 0.29) is 0 Å². The lowest BCUT2D eigenvalue weighted by molar-refractivity contribution is -0.595. The number of benzene rings is 2. The molecule has 0 amide bonds. The van der Waals surface area contributed by atoms with E-state index in [2.05, 4.69) is 0 Å². The van der Waals surface area contributed by atoms with Crippen LogP contribution in [0.3, 0.4) is 0 Å². The second-order valence-corrected chi connectivity index (χ2v) is 5.25. The van der Waals surface area contributed by atoms with Crippen LogP contribution in [0.25, 0.3) is 11.4 Å². The molecule has 0 atom stereocenters. The summed E-state index contributed by atoms with van der Waals surface area (Å²) in [7, 11) is 6.55. The Bertz CT molecular complexity index is 759. The van der Waals surface area contributed by atoms with E-state index in [1.807, 2.05) is 64.3 Å². The number of para-hydroxylation sites is 2. The third kappa shape index (κ3) is 2.98. The highest BCUT2D eigenvalue weighted by molar-refractivity contribution is 5.57. The van der Waals surface area contributed by atoms with Crippen molar-refractivity contribution in [3.8, 4) is 34.4 Å². The van der Waals surface area contributed by atoms with Gasteiger partial charge < -0.3 is 18.9 Å². The molecule has 1 aromatic heterocycles. The molecule has 0 radical (unpaired) electrons. The van der Waals surface area contributed by atoms with E-state index in [9.17, 15) is 0 Å². The lowest BCUT2D eigenvalue weighted by Gasteiger charge is -2.10. The fraction of sp³-hybridized carbons (Fsp3) is 0.211. The van der Waals surface area contributed by atoms with Crippen molar-refractivity contribution in [3.63, 3.8) is 0 Å². The maximum absolute atomic E-state index is 5.49. The number of aromatic nitrogens is 2. The number of hydrogen-bond acceptors (Lipinski definition) is 4. The topological polar surface area (TPSA) is 45.7 Å². The van der Waals surface area contributed by atoms with Crippen molar-refractivity contribution in [2.45, 2.75) is 0 Å². The summed E-state index contributed by atoms with van der Waals surface area (Å²) in [5.74, 6) is 2.87. The van der Waals surface area contributed by atoms with Crippen molar-refractivity contribution in [2.24, 2.45) is 0 Å². The van der Waals surface area contributed by atoms with Gasteiger partial charge in [0.2, 0.25) is 11.4 Å². The summed E-state index contributed by atoms with van der Waals surface area (Å²) in [5.41, 5.74) is 1.64. The maximum atomic E-state index is 5.49. The number of rotatable bonds is 6. The molecule has 3 aromatic rings. The molecule has 0 aliphatic rings. The number of nitrogens with zero attached hydrogens (tertiary/aromatic N) is 2. The van der Waals surface area contributed by atoms with Crippen LogP contribution in [-0.2, 0) is 0 Å². The van der Waals surface area contributed by atoms with Crippen LogP contribution in [-0.4, -0.2) is 33.0 Å². The van der Waals surface area contributed by atoms with Gasteiger partial charge in [0.1, 0.15) is 12.4 Å². The molecule has 3 rings (SSSR count). The summed E-state index contributed by atoms with van der Waals surface area (Å²) in [5, 5.41) is 0. The van der Waals surface area contributed by atoms with E-state index < -0.39 is 0 Å². The number of imidazole rings is 1.